The number of piperazine rings is 1. The normalized spacial score (nSPS) is 16.3. The van der Waals surface area contributed by atoms with Gasteiger partial charge in [0.1, 0.15) is 19.0 Å². The number of ether oxygens (including phenoxy) is 2. The molecule has 0 saturated carbocycles. The van der Waals surface area contributed by atoms with Crippen LogP contribution in [0, 0.1) is 0 Å². The number of aromatic nitrogens is 2. The number of hydrogen-bond donors (Lipinski definition) is 1. The maximum absolute atomic E-state index is 12.6. The summed E-state index contributed by atoms with van der Waals surface area (Å²) in [5.74, 6) is 2.16. The van der Waals surface area contributed by atoms with Crippen molar-refractivity contribution in [1.82, 2.24) is 14.9 Å². The summed E-state index contributed by atoms with van der Waals surface area (Å²) in [5.41, 5.74) is 0.663. The van der Waals surface area contributed by atoms with E-state index < -0.39 is 0 Å². The van der Waals surface area contributed by atoms with Crippen LogP contribution >= 0.6 is 15.9 Å². The van der Waals surface area contributed by atoms with Gasteiger partial charge in [0.05, 0.1) is 11.9 Å². The van der Waals surface area contributed by atoms with Crippen molar-refractivity contribution in [1.29, 1.82) is 0 Å². The number of nitrogens with one attached hydrogen (secondary N) is 1. The Bertz CT molecular complexity index is 796. The minimum Gasteiger partial charge on any atom is -0.486 e. The van der Waals surface area contributed by atoms with Crippen LogP contribution in [0.5, 0.6) is 11.5 Å². The zero-order valence-corrected chi connectivity index (χ0v) is 15.6. The van der Waals surface area contributed by atoms with E-state index >= 15 is 0 Å². The number of nitrogens with zero attached hydrogens (tertiary/aromatic N) is 4. The molecule has 2 aliphatic heterocycles. The summed E-state index contributed by atoms with van der Waals surface area (Å²) < 4.78 is 11.9. The van der Waals surface area contributed by atoms with Crippen LogP contribution < -0.4 is 19.7 Å². The highest BCUT2D eigenvalue weighted by molar-refractivity contribution is 9.10. The van der Waals surface area contributed by atoms with Gasteiger partial charge in [0.25, 0.3) is 0 Å². The van der Waals surface area contributed by atoms with Gasteiger partial charge in [0.15, 0.2) is 11.5 Å². The number of rotatable bonds is 2. The number of benzene rings is 1. The molecule has 2 aliphatic rings. The Kier molecular flexibility index (Phi) is 4.79. The van der Waals surface area contributed by atoms with Crippen LogP contribution in [0.2, 0.25) is 0 Å². The van der Waals surface area contributed by atoms with Crippen LogP contribution in [0.25, 0.3) is 0 Å². The molecule has 0 aliphatic carbocycles. The summed E-state index contributed by atoms with van der Waals surface area (Å²) in [6, 6.07) is 3.46. The molecular formula is C17H18BrN5O3. The molecule has 4 rings (SSSR count). The topological polar surface area (TPSA) is 79.8 Å². The number of anilines is 2. The van der Waals surface area contributed by atoms with Crippen LogP contribution in [0.1, 0.15) is 0 Å². The van der Waals surface area contributed by atoms with Gasteiger partial charge in [-0.15, -0.1) is 0 Å². The van der Waals surface area contributed by atoms with Crippen LogP contribution in [0.3, 0.4) is 0 Å². The summed E-state index contributed by atoms with van der Waals surface area (Å²) >= 11 is 3.48. The van der Waals surface area contributed by atoms with Crippen molar-refractivity contribution in [2.45, 2.75) is 0 Å². The third-order valence-corrected chi connectivity index (χ3v) is 4.97. The molecule has 2 aromatic rings. The molecule has 1 N–H and O–H groups in total. The predicted molar refractivity (Wildman–Crippen MR) is 100.0 cm³/mol. The van der Waals surface area contributed by atoms with E-state index in [2.05, 4.69) is 36.1 Å². The summed E-state index contributed by atoms with van der Waals surface area (Å²) in [6.45, 7) is 3.70. The summed E-state index contributed by atoms with van der Waals surface area (Å²) in [4.78, 5) is 24.9. The zero-order chi connectivity index (χ0) is 17.9. The second kappa shape index (κ2) is 7.36. The monoisotopic (exact) mass is 419 g/mol. The first-order valence-electron chi connectivity index (χ1n) is 8.37. The molecule has 1 fully saturated rings. The molecule has 0 bridgehead atoms. The third kappa shape index (κ3) is 3.52. The number of urea groups is 1. The molecule has 0 spiro atoms. The van der Waals surface area contributed by atoms with Crippen LogP contribution in [-0.2, 0) is 0 Å². The summed E-state index contributed by atoms with van der Waals surface area (Å²) in [6.07, 6.45) is 5.06. The van der Waals surface area contributed by atoms with E-state index in [1.54, 1.807) is 29.6 Å². The second-order valence-electron chi connectivity index (χ2n) is 5.94. The first kappa shape index (κ1) is 16.9. The fraction of sp³-hybridized carbons (Fsp3) is 0.353. The lowest BCUT2D eigenvalue weighted by atomic mass is 10.2. The molecule has 0 atom stereocenters. The van der Waals surface area contributed by atoms with Crippen molar-refractivity contribution < 1.29 is 14.3 Å². The Labute approximate surface area is 159 Å². The number of carbonyl (C=O) groups is 1. The molecule has 26 heavy (non-hydrogen) atoms. The zero-order valence-electron chi connectivity index (χ0n) is 14.0. The Morgan fingerprint density at radius 3 is 2.50 bits per heavy atom. The molecule has 136 valence electrons. The van der Waals surface area contributed by atoms with E-state index in [0.29, 0.717) is 56.6 Å². The molecule has 2 amide bonds. The highest BCUT2D eigenvalue weighted by Gasteiger charge is 2.23. The second-order valence-corrected chi connectivity index (χ2v) is 6.80. The lowest BCUT2D eigenvalue weighted by Crippen LogP contribution is -2.50. The Balaban J connectivity index is 1.39. The molecule has 9 heteroatoms. The standard InChI is InChI=1S/C17H18BrN5O3/c18-12-9-14-15(26-8-7-25-14)10-13(12)21-17(24)23-5-3-22(4-6-23)16-11-19-1-2-20-16/h1-2,9-11H,3-8H2,(H,21,24). The van der Waals surface area contributed by atoms with Gasteiger partial charge in [-0.25, -0.2) is 9.78 Å². The Morgan fingerprint density at radius 1 is 1.08 bits per heavy atom. The molecule has 1 aromatic heterocycles. The van der Waals surface area contributed by atoms with Crippen molar-refractivity contribution in [3.63, 3.8) is 0 Å². The van der Waals surface area contributed by atoms with Crippen LogP contribution in [0.4, 0.5) is 16.3 Å². The fourth-order valence-corrected chi connectivity index (χ4v) is 3.37. The quantitative estimate of drug-likeness (QED) is 0.804. The first-order chi connectivity index (χ1) is 12.7. The molecule has 3 heterocycles. The fourth-order valence-electron chi connectivity index (χ4n) is 2.95. The number of hydrogen-bond acceptors (Lipinski definition) is 6. The van der Waals surface area contributed by atoms with Crippen LogP contribution in [0.15, 0.2) is 35.2 Å². The van der Waals surface area contributed by atoms with Crippen molar-refractivity contribution in [2.24, 2.45) is 0 Å². The maximum atomic E-state index is 12.6. The van der Waals surface area contributed by atoms with E-state index in [0.717, 1.165) is 10.3 Å². The summed E-state index contributed by atoms with van der Waals surface area (Å²) in [5, 5.41) is 2.94. The van der Waals surface area contributed by atoms with Gasteiger partial charge in [-0.2, -0.15) is 0 Å². The predicted octanol–water partition coefficient (Wildman–Crippen LogP) is 2.36. The van der Waals surface area contributed by atoms with E-state index in [-0.39, 0.29) is 6.03 Å². The van der Waals surface area contributed by atoms with E-state index in [1.807, 2.05) is 6.07 Å². The number of carbonyl (C=O) groups excluding carboxylic acids is 1. The largest absolute Gasteiger partial charge is 0.486 e. The Morgan fingerprint density at radius 2 is 1.81 bits per heavy atom. The highest BCUT2D eigenvalue weighted by atomic mass is 79.9. The number of halogens is 1. The van der Waals surface area contributed by atoms with Gasteiger partial charge in [-0.05, 0) is 15.9 Å². The lowest BCUT2D eigenvalue weighted by molar-refractivity contribution is 0.171. The first-order valence-corrected chi connectivity index (χ1v) is 9.16. The maximum Gasteiger partial charge on any atom is 0.322 e. The van der Waals surface area contributed by atoms with Crippen molar-refractivity contribution in [2.75, 3.05) is 49.6 Å². The van der Waals surface area contributed by atoms with E-state index in [1.165, 1.54) is 0 Å². The molecule has 0 radical (unpaired) electrons. The minimum atomic E-state index is -0.138. The van der Waals surface area contributed by atoms with Gasteiger partial charge in [-0.3, -0.25) is 4.98 Å². The van der Waals surface area contributed by atoms with E-state index in [4.69, 9.17) is 9.47 Å². The van der Waals surface area contributed by atoms with Gasteiger partial charge >= 0.3 is 6.03 Å². The SMILES string of the molecule is O=C(Nc1cc2c(cc1Br)OCCO2)N1CCN(c2cnccn2)CC1. The lowest BCUT2D eigenvalue weighted by Gasteiger charge is -2.35. The Hall–Kier alpha value is -2.55. The van der Waals surface area contributed by atoms with Gasteiger partial charge < -0.3 is 24.6 Å². The van der Waals surface area contributed by atoms with Gasteiger partial charge in [-0.1, -0.05) is 0 Å². The number of fused-ring (bicyclic) bond motifs is 1. The molecule has 8 nitrogen and oxygen atoms in total. The average molecular weight is 420 g/mol. The van der Waals surface area contributed by atoms with Gasteiger partial charge in [0.2, 0.25) is 0 Å². The van der Waals surface area contributed by atoms with Crippen molar-refractivity contribution in [3.05, 3.63) is 35.2 Å². The van der Waals surface area contributed by atoms with E-state index in [9.17, 15) is 4.79 Å². The molecule has 1 saturated heterocycles. The average Bonchev–Trinajstić information content (AvgIpc) is 2.69. The van der Waals surface area contributed by atoms with Crippen molar-refractivity contribution >= 4 is 33.5 Å². The van der Waals surface area contributed by atoms with Gasteiger partial charge in [0, 0.05) is 55.2 Å². The third-order valence-electron chi connectivity index (χ3n) is 4.31. The van der Waals surface area contributed by atoms with Crippen molar-refractivity contribution in [3.8, 4) is 11.5 Å². The number of amides is 2. The highest BCUT2D eigenvalue weighted by Crippen LogP contribution is 2.38. The smallest absolute Gasteiger partial charge is 0.322 e. The summed E-state index contributed by atoms with van der Waals surface area (Å²) in [7, 11) is 0. The van der Waals surface area contributed by atoms with Crippen LogP contribution in [-0.4, -0.2) is 60.3 Å². The molecule has 0 unspecified atom stereocenters. The molecule has 1 aromatic carbocycles. The minimum absolute atomic E-state index is 0.138. The molecular weight excluding hydrogens is 402 g/mol.